The van der Waals surface area contributed by atoms with Crippen molar-refractivity contribution in [1.82, 2.24) is 4.90 Å². The molecule has 0 saturated carbocycles. The number of rotatable bonds is 10. The van der Waals surface area contributed by atoms with Gasteiger partial charge in [-0.25, -0.2) is 0 Å². The van der Waals surface area contributed by atoms with E-state index in [4.69, 9.17) is 10.5 Å². The van der Waals surface area contributed by atoms with Crippen LogP contribution in [0.2, 0.25) is 0 Å². The molecular formula is C17H30N2O. The molecule has 1 rings (SSSR count). The average Bonchev–Trinajstić information content (AvgIpc) is 2.44. The number of benzene rings is 1. The van der Waals surface area contributed by atoms with Gasteiger partial charge in [-0.1, -0.05) is 39.0 Å². The Hall–Kier alpha value is -1.06. The van der Waals surface area contributed by atoms with Crippen LogP contribution in [0.5, 0.6) is 5.75 Å². The molecule has 3 nitrogen and oxygen atoms in total. The predicted octanol–water partition coefficient (Wildman–Crippen LogP) is 3.15. The molecule has 0 bridgehead atoms. The molecule has 0 spiro atoms. The fourth-order valence-corrected chi connectivity index (χ4v) is 2.25. The van der Waals surface area contributed by atoms with Gasteiger partial charge in [0.15, 0.2) is 0 Å². The van der Waals surface area contributed by atoms with Gasteiger partial charge in [-0.2, -0.15) is 0 Å². The molecule has 0 saturated heterocycles. The Morgan fingerprint density at radius 3 is 2.45 bits per heavy atom. The van der Waals surface area contributed by atoms with E-state index in [0.29, 0.717) is 0 Å². The monoisotopic (exact) mass is 278 g/mol. The number of nitrogens with two attached hydrogens (primary N) is 1. The first kappa shape index (κ1) is 17.0. The van der Waals surface area contributed by atoms with Crippen LogP contribution in [0.4, 0.5) is 0 Å². The second-order valence-electron chi connectivity index (χ2n) is 6.16. The molecule has 20 heavy (non-hydrogen) atoms. The van der Waals surface area contributed by atoms with E-state index in [1.54, 1.807) is 0 Å². The predicted molar refractivity (Wildman–Crippen MR) is 86.1 cm³/mol. The van der Waals surface area contributed by atoms with Gasteiger partial charge in [0, 0.05) is 13.1 Å². The zero-order chi connectivity index (χ0) is 14.8. The smallest absolute Gasteiger partial charge is 0.119 e. The molecule has 2 N–H and O–H groups in total. The lowest BCUT2D eigenvalue weighted by molar-refractivity contribution is 0.170. The molecule has 0 unspecified atom stereocenters. The van der Waals surface area contributed by atoms with Crippen molar-refractivity contribution in [1.29, 1.82) is 0 Å². The van der Waals surface area contributed by atoms with E-state index in [1.807, 2.05) is 30.3 Å². The molecule has 0 atom stereocenters. The highest BCUT2D eigenvalue weighted by Gasteiger charge is 2.19. The first-order valence-electron chi connectivity index (χ1n) is 7.67. The number of hydrogen-bond donors (Lipinski definition) is 1. The van der Waals surface area contributed by atoms with Gasteiger partial charge >= 0.3 is 0 Å². The molecule has 1 aromatic rings. The van der Waals surface area contributed by atoms with Crippen molar-refractivity contribution in [2.45, 2.75) is 33.6 Å². The summed E-state index contributed by atoms with van der Waals surface area (Å²) in [5.41, 5.74) is 6.02. The summed E-state index contributed by atoms with van der Waals surface area (Å²) < 4.78 is 5.74. The van der Waals surface area contributed by atoms with Crippen LogP contribution in [0.1, 0.15) is 33.6 Å². The third kappa shape index (κ3) is 6.92. The van der Waals surface area contributed by atoms with E-state index in [-0.39, 0.29) is 5.41 Å². The highest BCUT2D eigenvalue weighted by molar-refractivity contribution is 5.20. The maximum absolute atomic E-state index is 5.83. The number of hydrogen-bond acceptors (Lipinski definition) is 3. The minimum atomic E-state index is 0.190. The maximum atomic E-state index is 5.83. The van der Waals surface area contributed by atoms with Crippen molar-refractivity contribution >= 4 is 0 Å². The topological polar surface area (TPSA) is 38.5 Å². The van der Waals surface area contributed by atoms with Gasteiger partial charge in [-0.05, 0) is 43.5 Å². The van der Waals surface area contributed by atoms with Crippen molar-refractivity contribution < 1.29 is 4.74 Å². The fourth-order valence-electron chi connectivity index (χ4n) is 2.25. The highest BCUT2D eigenvalue weighted by atomic mass is 16.5. The molecule has 0 aromatic heterocycles. The van der Waals surface area contributed by atoms with Crippen LogP contribution in [0.25, 0.3) is 0 Å². The maximum Gasteiger partial charge on any atom is 0.119 e. The van der Waals surface area contributed by atoms with Crippen LogP contribution >= 0.6 is 0 Å². The third-order valence-corrected chi connectivity index (χ3v) is 3.37. The summed E-state index contributed by atoms with van der Waals surface area (Å²) in [6, 6.07) is 10.0. The summed E-state index contributed by atoms with van der Waals surface area (Å²) >= 11 is 0. The molecule has 0 aliphatic carbocycles. The minimum Gasteiger partial charge on any atom is -0.494 e. The van der Waals surface area contributed by atoms with Crippen molar-refractivity contribution in [3.8, 4) is 5.75 Å². The number of para-hydroxylation sites is 1. The zero-order valence-corrected chi connectivity index (χ0v) is 13.3. The summed E-state index contributed by atoms with van der Waals surface area (Å²) in [7, 11) is 0. The lowest BCUT2D eigenvalue weighted by Gasteiger charge is -2.31. The summed E-state index contributed by atoms with van der Waals surface area (Å²) in [4.78, 5) is 2.50. The minimum absolute atomic E-state index is 0.190. The molecule has 0 radical (unpaired) electrons. The summed E-state index contributed by atoms with van der Waals surface area (Å²) in [6.45, 7) is 11.5. The molecule has 0 aliphatic heterocycles. The van der Waals surface area contributed by atoms with Gasteiger partial charge in [-0.3, -0.25) is 0 Å². The van der Waals surface area contributed by atoms with Gasteiger partial charge in [0.05, 0.1) is 6.61 Å². The van der Waals surface area contributed by atoms with Crippen LogP contribution in [0.15, 0.2) is 30.3 Å². The van der Waals surface area contributed by atoms with Gasteiger partial charge in [0.25, 0.3) is 0 Å². The van der Waals surface area contributed by atoms with Crippen LogP contribution in [-0.2, 0) is 0 Å². The quantitative estimate of drug-likeness (QED) is 0.668. The summed E-state index contributed by atoms with van der Waals surface area (Å²) in [5, 5.41) is 0. The van der Waals surface area contributed by atoms with Gasteiger partial charge in [-0.15, -0.1) is 0 Å². The van der Waals surface area contributed by atoms with E-state index in [2.05, 4.69) is 25.7 Å². The molecule has 0 aliphatic rings. The van der Waals surface area contributed by atoms with Crippen LogP contribution in [-0.4, -0.2) is 37.7 Å². The number of nitrogens with zero attached hydrogens (tertiary/aromatic N) is 1. The third-order valence-electron chi connectivity index (χ3n) is 3.37. The first-order valence-corrected chi connectivity index (χ1v) is 7.67. The van der Waals surface area contributed by atoms with Crippen molar-refractivity contribution in [3.05, 3.63) is 30.3 Å². The standard InChI is InChI=1S/C17H30N2O/c1-4-11-19(15-17(2,3)14-18)12-8-13-20-16-9-6-5-7-10-16/h5-7,9-10H,4,8,11-15,18H2,1-3H3. The van der Waals surface area contributed by atoms with Crippen molar-refractivity contribution in [3.63, 3.8) is 0 Å². The van der Waals surface area contributed by atoms with Crippen LogP contribution < -0.4 is 10.5 Å². The summed E-state index contributed by atoms with van der Waals surface area (Å²) in [6.07, 6.45) is 2.23. The Morgan fingerprint density at radius 1 is 1.15 bits per heavy atom. The van der Waals surface area contributed by atoms with E-state index in [0.717, 1.165) is 45.0 Å². The first-order chi connectivity index (χ1) is 9.57. The van der Waals surface area contributed by atoms with E-state index in [9.17, 15) is 0 Å². The fraction of sp³-hybridized carbons (Fsp3) is 0.647. The molecule has 1 aromatic carbocycles. The number of ether oxygens (including phenoxy) is 1. The second kappa shape index (κ2) is 8.98. The van der Waals surface area contributed by atoms with Gasteiger partial charge in [0.1, 0.15) is 5.75 Å². The highest BCUT2D eigenvalue weighted by Crippen LogP contribution is 2.15. The molecule has 0 amide bonds. The average molecular weight is 278 g/mol. The Balaban J connectivity index is 2.28. The lowest BCUT2D eigenvalue weighted by Crippen LogP contribution is -2.39. The lowest BCUT2D eigenvalue weighted by atomic mass is 9.93. The van der Waals surface area contributed by atoms with Gasteiger partial charge in [0.2, 0.25) is 0 Å². The van der Waals surface area contributed by atoms with Crippen molar-refractivity contribution in [2.75, 3.05) is 32.8 Å². The van der Waals surface area contributed by atoms with Crippen LogP contribution in [0, 0.1) is 5.41 Å². The zero-order valence-electron chi connectivity index (χ0n) is 13.3. The van der Waals surface area contributed by atoms with E-state index in [1.165, 1.54) is 6.42 Å². The summed E-state index contributed by atoms with van der Waals surface area (Å²) in [5.74, 6) is 0.955. The van der Waals surface area contributed by atoms with E-state index < -0.39 is 0 Å². The SMILES string of the molecule is CCCN(CCCOc1ccccc1)CC(C)(C)CN. The van der Waals surface area contributed by atoms with Gasteiger partial charge < -0.3 is 15.4 Å². The van der Waals surface area contributed by atoms with Crippen LogP contribution in [0.3, 0.4) is 0 Å². The molecule has 0 fully saturated rings. The Morgan fingerprint density at radius 2 is 1.85 bits per heavy atom. The largest absolute Gasteiger partial charge is 0.494 e. The van der Waals surface area contributed by atoms with Crippen molar-refractivity contribution in [2.24, 2.45) is 11.1 Å². The normalized spacial score (nSPS) is 11.8. The van der Waals surface area contributed by atoms with E-state index >= 15 is 0 Å². The molecule has 0 heterocycles. The Bertz CT molecular complexity index is 351. The molecule has 114 valence electrons. The Kier molecular flexibility index (Phi) is 7.63. The second-order valence-corrected chi connectivity index (χ2v) is 6.16. The Labute approximate surface area is 124 Å². The molecular weight excluding hydrogens is 248 g/mol. The molecule has 3 heteroatoms.